The molecule has 0 saturated carbocycles. The molecule has 2 aromatic rings. The Labute approximate surface area is 145 Å². The number of carbonyl (C=O) groups is 2. The van der Waals surface area contributed by atoms with E-state index in [1.165, 1.54) is 0 Å². The van der Waals surface area contributed by atoms with Crippen LogP contribution in [0, 0.1) is 17.2 Å². The van der Waals surface area contributed by atoms with Gasteiger partial charge in [0, 0.05) is 25.2 Å². The standard InChI is InChI=1S/C17H19N5O3/c1-11(2)22-9-13(7-18)16(20-22)19-17(24)12-6-15(23)21(8-12)10-14-4-3-5-25-14/h3-5,9,11-12H,6,8,10H2,1-2H3,(H,19,20,24)/t12-/m0/s1. The van der Waals surface area contributed by atoms with Crippen LogP contribution in [0.25, 0.3) is 0 Å². The zero-order chi connectivity index (χ0) is 18.0. The van der Waals surface area contributed by atoms with Crippen LogP contribution in [0.5, 0.6) is 0 Å². The minimum atomic E-state index is -0.474. The molecule has 1 aliphatic rings. The molecule has 0 unspecified atom stereocenters. The second-order valence-corrected chi connectivity index (χ2v) is 6.32. The molecule has 1 fully saturated rings. The van der Waals surface area contributed by atoms with Crippen LogP contribution in [-0.4, -0.2) is 33.0 Å². The summed E-state index contributed by atoms with van der Waals surface area (Å²) in [7, 11) is 0. The highest BCUT2D eigenvalue weighted by atomic mass is 16.3. The topological polar surface area (TPSA) is 104 Å². The van der Waals surface area contributed by atoms with Crippen molar-refractivity contribution in [3.05, 3.63) is 35.9 Å². The normalized spacial score (nSPS) is 17.1. The van der Waals surface area contributed by atoms with Gasteiger partial charge < -0.3 is 14.6 Å². The summed E-state index contributed by atoms with van der Waals surface area (Å²) in [5, 5.41) is 16.1. The minimum absolute atomic E-state index is 0.0783. The molecule has 2 aromatic heterocycles. The molecule has 3 heterocycles. The fourth-order valence-electron chi connectivity index (χ4n) is 2.74. The van der Waals surface area contributed by atoms with Crippen LogP contribution in [-0.2, 0) is 16.1 Å². The second kappa shape index (κ2) is 6.81. The number of amides is 2. The third-order valence-corrected chi connectivity index (χ3v) is 4.14. The van der Waals surface area contributed by atoms with E-state index in [1.807, 2.05) is 19.9 Å². The van der Waals surface area contributed by atoms with E-state index >= 15 is 0 Å². The molecule has 0 aromatic carbocycles. The molecule has 25 heavy (non-hydrogen) atoms. The Hall–Kier alpha value is -3.08. The van der Waals surface area contributed by atoms with Crippen molar-refractivity contribution >= 4 is 17.6 Å². The molecule has 1 aliphatic heterocycles. The van der Waals surface area contributed by atoms with E-state index in [0.29, 0.717) is 24.4 Å². The highest BCUT2D eigenvalue weighted by Crippen LogP contribution is 2.23. The van der Waals surface area contributed by atoms with Crippen LogP contribution >= 0.6 is 0 Å². The van der Waals surface area contributed by atoms with Gasteiger partial charge in [-0.05, 0) is 26.0 Å². The van der Waals surface area contributed by atoms with Crippen molar-refractivity contribution < 1.29 is 14.0 Å². The smallest absolute Gasteiger partial charge is 0.231 e. The molecule has 0 spiro atoms. The average molecular weight is 341 g/mol. The zero-order valence-corrected chi connectivity index (χ0v) is 14.1. The molecular formula is C17H19N5O3. The molecule has 1 saturated heterocycles. The van der Waals surface area contributed by atoms with E-state index in [1.54, 1.807) is 34.2 Å². The van der Waals surface area contributed by atoms with E-state index < -0.39 is 5.92 Å². The van der Waals surface area contributed by atoms with Crippen LogP contribution < -0.4 is 5.32 Å². The fourth-order valence-corrected chi connectivity index (χ4v) is 2.74. The van der Waals surface area contributed by atoms with Crippen LogP contribution in [0.15, 0.2) is 29.0 Å². The molecular weight excluding hydrogens is 322 g/mol. The predicted molar refractivity (Wildman–Crippen MR) is 88.2 cm³/mol. The first-order chi connectivity index (χ1) is 12.0. The number of anilines is 1. The van der Waals surface area contributed by atoms with Gasteiger partial charge >= 0.3 is 0 Å². The van der Waals surface area contributed by atoms with Gasteiger partial charge in [0.05, 0.1) is 18.7 Å². The lowest BCUT2D eigenvalue weighted by Crippen LogP contribution is -2.28. The summed E-state index contributed by atoms with van der Waals surface area (Å²) in [5.41, 5.74) is 0.304. The quantitative estimate of drug-likeness (QED) is 0.894. The van der Waals surface area contributed by atoms with Gasteiger partial charge in [0.1, 0.15) is 17.4 Å². The molecule has 8 nitrogen and oxygen atoms in total. The van der Waals surface area contributed by atoms with Gasteiger partial charge in [-0.25, -0.2) is 0 Å². The van der Waals surface area contributed by atoms with Gasteiger partial charge in [0.2, 0.25) is 11.8 Å². The molecule has 2 amide bonds. The molecule has 0 bridgehead atoms. The van der Waals surface area contributed by atoms with Gasteiger partial charge in [-0.1, -0.05) is 0 Å². The SMILES string of the molecule is CC(C)n1cc(C#N)c(NC(=O)[C@H]2CC(=O)N(Cc3ccco3)C2)n1. The predicted octanol–water partition coefficient (Wildman–Crippen LogP) is 1.92. The molecule has 3 rings (SSSR count). The van der Waals surface area contributed by atoms with Crippen molar-refractivity contribution in [3.63, 3.8) is 0 Å². The van der Waals surface area contributed by atoms with Crippen molar-refractivity contribution in [3.8, 4) is 6.07 Å². The lowest BCUT2D eigenvalue weighted by atomic mass is 10.1. The number of furan rings is 1. The van der Waals surface area contributed by atoms with Gasteiger partial charge in [-0.2, -0.15) is 10.4 Å². The maximum Gasteiger partial charge on any atom is 0.231 e. The second-order valence-electron chi connectivity index (χ2n) is 6.32. The lowest BCUT2D eigenvalue weighted by Gasteiger charge is -2.14. The Morgan fingerprint density at radius 3 is 3.00 bits per heavy atom. The van der Waals surface area contributed by atoms with Gasteiger partial charge in [0.25, 0.3) is 0 Å². The molecule has 1 atom stereocenters. The van der Waals surface area contributed by atoms with E-state index in [2.05, 4.69) is 10.4 Å². The van der Waals surface area contributed by atoms with Gasteiger partial charge in [-0.15, -0.1) is 0 Å². The number of hydrogen-bond acceptors (Lipinski definition) is 5. The van der Waals surface area contributed by atoms with Crippen molar-refractivity contribution in [2.45, 2.75) is 32.9 Å². The van der Waals surface area contributed by atoms with Crippen molar-refractivity contribution in [1.29, 1.82) is 5.26 Å². The summed E-state index contributed by atoms with van der Waals surface area (Å²) in [4.78, 5) is 26.2. The Bertz CT molecular complexity index is 816. The summed E-state index contributed by atoms with van der Waals surface area (Å²) >= 11 is 0. The third-order valence-electron chi connectivity index (χ3n) is 4.14. The molecule has 0 aliphatic carbocycles. The van der Waals surface area contributed by atoms with Crippen LogP contribution in [0.1, 0.15) is 37.6 Å². The van der Waals surface area contributed by atoms with E-state index in [9.17, 15) is 14.9 Å². The number of rotatable bonds is 5. The third kappa shape index (κ3) is 3.55. The van der Waals surface area contributed by atoms with Crippen molar-refractivity contribution in [1.82, 2.24) is 14.7 Å². The Kier molecular flexibility index (Phi) is 4.57. The van der Waals surface area contributed by atoms with Crippen LogP contribution in [0.2, 0.25) is 0 Å². The summed E-state index contributed by atoms with van der Waals surface area (Å²) in [6, 6.07) is 5.65. The van der Waals surface area contributed by atoms with E-state index in [4.69, 9.17) is 4.42 Å². The van der Waals surface area contributed by atoms with Crippen LogP contribution in [0.3, 0.4) is 0 Å². The van der Waals surface area contributed by atoms with Crippen LogP contribution in [0.4, 0.5) is 5.82 Å². The van der Waals surface area contributed by atoms with E-state index in [0.717, 1.165) is 0 Å². The number of carbonyl (C=O) groups excluding carboxylic acids is 2. The Morgan fingerprint density at radius 2 is 2.36 bits per heavy atom. The molecule has 0 radical (unpaired) electrons. The summed E-state index contributed by atoms with van der Waals surface area (Å²) in [6.45, 7) is 4.53. The highest BCUT2D eigenvalue weighted by Gasteiger charge is 2.35. The maximum atomic E-state index is 12.5. The first-order valence-electron chi connectivity index (χ1n) is 8.08. The molecule has 1 N–H and O–H groups in total. The lowest BCUT2D eigenvalue weighted by molar-refractivity contribution is -0.128. The van der Waals surface area contributed by atoms with Gasteiger partial charge in [-0.3, -0.25) is 14.3 Å². The molecule has 8 heteroatoms. The maximum absolute atomic E-state index is 12.5. The number of likely N-dealkylation sites (tertiary alicyclic amines) is 1. The molecule has 130 valence electrons. The summed E-state index contributed by atoms with van der Waals surface area (Å²) in [5.74, 6) is 0.0405. The zero-order valence-electron chi connectivity index (χ0n) is 14.1. The first kappa shape index (κ1) is 16.8. The monoisotopic (exact) mass is 341 g/mol. The number of nitriles is 1. The van der Waals surface area contributed by atoms with Crippen molar-refractivity contribution in [2.24, 2.45) is 5.92 Å². The average Bonchev–Trinajstić information content (AvgIpc) is 3.29. The Morgan fingerprint density at radius 1 is 1.56 bits per heavy atom. The summed E-state index contributed by atoms with van der Waals surface area (Å²) < 4.78 is 6.87. The summed E-state index contributed by atoms with van der Waals surface area (Å²) in [6.07, 6.45) is 3.29. The number of hydrogen-bond donors (Lipinski definition) is 1. The largest absolute Gasteiger partial charge is 0.467 e. The number of nitrogens with one attached hydrogen (secondary N) is 1. The highest BCUT2D eigenvalue weighted by molar-refractivity contribution is 5.97. The van der Waals surface area contributed by atoms with Crippen molar-refractivity contribution in [2.75, 3.05) is 11.9 Å². The minimum Gasteiger partial charge on any atom is -0.467 e. The number of aromatic nitrogens is 2. The fraction of sp³-hybridized carbons (Fsp3) is 0.412. The number of nitrogens with zero attached hydrogens (tertiary/aromatic N) is 4. The van der Waals surface area contributed by atoms with Gasteiger partial charge in [0.15, 0.2) is 5.82 Å². The van der Waals surface area contributed by atoms with E-state index in [-0.39, 0.29) is 30.1 Å². The Balaban J connectivity index is 1.66. The first-order valence-corrected chi connectivity index (χ1v) is 8.08.